The van der Waals surface area contributed by atoms with E-state index in [0.29, 0.717) is 5.76 Å². The van der Waals surface area contributed by atoms with Crippen molar-refractivity contribution in [1.29, 1.82) is 0 Å². The lowest BCUT2D eigenvalue weighted by atomic mass is 10.1. The molecule has 0 aliphatic carbocycles. The van der Waals surface area contributed by atoms with Crippen molar-refractivity contribution in [2.45, 2.75) is 25.5 Å². The fourth-order valence-corrected chi connectivity index (χ4v) is 2.46. The van der Waals surface area contributed by atoms with Crippen molar-refractivity contribution in [3.63, 3.8) is 0 Å². The molecule has 2 N–H and O–H groups in total. The van der Waals surface area contributed by atoms with Gasteiger partial charge in [-0.25, -0.2) is 4.39 Å². The molecule has 1 amide bonds. The number of aliphatic hydroxyl groups is 1. The van der Waals surface area contributed by atoms with Crippen LogP contribution in [0.2, 0.25) is 10.0 Å². The molecule has 0 aliphatic heterocycles. The molecule has 1 aromatic heterocycles. The number of nitrogens with one attached hydrogen (secondary N) is 1. The van der Waals surface area contributed by atoms with Crippen LogP contribution < -0.4 is 5.32 Å². The normalized spacial score (nSPS) is 13.7. The van der Waals surface area contributed by atoms with Crippen molar-refractivity contribution in [1.82, 2.24) is 5.32 Å². The zero-order valence-electron chi connectivity index (χ0n) is 11.6. The van der Waals surface area contributed by atoms with Gasteiger partial charge in [-0.05, 0) is 31.2 Å². The Labute approximate surface area is 136 Å². The van der Waals surface area contributed by atoms with Crippen LogP contribution in [0.25, 0.3) is 0 Å². The Morgan fingerprint density at radius 3 is 2.77 bits per heavy atom. The Balaban J connectivity index is 2.01. The van der Waals surface area contributed by atoms with Gasteiger partial charge in [0.05, 0.1) is 21.9 Å². The molecule has 22 heavy (non-hydrogen) atoms. The zero-order valence-corrected chi connectivity index (χ0v) is 13.2. The van der Waals surface area contributed by atoms with Crippen molar-refractivity contribution < 1.29 is 18.7 Å². The molecule has 7 heteroatoms. The van der Waals surface area contributed by atoms with Crippen molar-refractivity contribution in [2.24, 2.45) is 0 Å². The van der Waals surface area contributed by atoms with Crippen LogP contribution in [0.3, 0.4) is 0 Å². The number of carbonyl (C=O) groups is 1. The first-order valence-corrected chi connectivity index (χ1v) is 7.31. The molecular formula is C15H14Cl2FNO3. The summed E-state index contributed by atoms with van der Waals surface area (Å²) >= 11 is 11.5. The molecule has 0 saturated carbocycles. The number of furan rings is 1. The number of hydrogen-bond acceptors (Lipinski definition) is 3. The molecule has 2 aromatic rings. The standard InChI is InChI=1S/C15H14Cl2FNO3/c1-8(5-13(20)14-3-2-4-22-14)19-15(21)9-6-12(18)11(17)7-10(9)16/h2-4,6-8,13,20H,5H2,1H3,(H,19,21). The van der Waals surface area contributed by atoms with Gasteiger partial charge in [0.2, 0.25) is 0 Å². The highest BCUT2D eigenvalue weighted by Crippen LogP contribution is 2.25. The Hall–Kier alpha value is -1.56. The van der Waals surface area contributed by atoms with E-state index in [0.717, 1.165) is 6.07 Å². The average Bonchev–Trinajstić information content (AvgIpc) is 2.96. The van der Waals surface area contributed by atoms with Crippen LogP contribution in [0, 0.1) is 5.82 Å². The van der Waals surface area contributed by atoms with Gasteiger partial charge in [-0.15, -0.1) is 0 Å². The summed E-state index contributed by atoms with van der Waals surface area (Å²) in [6.07, 6.45) is 0.855. The van der Waals surface area contributed by atoms with E-state index in [2.05, 4.69) is 5.32 Å². The molecule has 0 spiro atoms. The molecular weight excluding hydrogens is 332 g/mol. The maximum Gasteiger partial charge on any atom is 0.253 e. The summed E-state index contributed by atoms with van der Waals surface area (Å²) in [7, 11) is 0. The van der Waals surface area contributed by atoms with Gasteiger partial charge in [-0.1, -0.05) is 23.2 Å². The molecule has 2 atom stereocenters. The Bertz CT molecular complexity index is 661. The molecule has 0 bridgehead atoms. The number of halogens is 3. The lowest BCUT2D eigenvalue weighted by Gasteiger charge is -2.17. The van der Waals surface area contributed by atoms with Crippen molar-refractivity contribution in [3.05, 3.63) is 57.7 Å². The highest BCUT2D eigenvalue weighted by Gasteiger charge is 2.19. The van der Waals surface area contributed by atoms with E-state index < -0.39 is 17.8 Å². The van der Waals surface area contributed by atoms with Crippen LogP contribution >= 0.6 is 23.2 Å². The van der Waals surface area contributed by atoms with Gasteiger partial charge in [0.25, 0.3) is 5.91 Å². The molecule has 118 valence electrons. The second-order valence-electron chi connectivity index (χ2n) is 4.89. The van der Waals surface area contributed by atoms with E-state index in [1.54, 1.807) is 19.1 Å². The molecule has 2 unspecified atom stereocenters. The minimum absolute atomic E-state index is 0.0112. The summed E-state index contributed by atoms with van der Waals surface area (Å²) in [6, 6.07) is 5.09. The van der Waals surface area contributed by atoms with E-state index in [1.165, 1.54) is 12.3 Å². The number of carbonyl (C=O) groups excluding carboxylic acids is 1. The zero-order chi connectivity index (χ0) is 16.3. The number of amides is 1. The van der Waals surface area contributed by atoms with Gasteiger partial charge in [0.15, 0.2) is 0 Å². The van der Waals surface area contributed by atoms with Crippen LogP contribution in [0.5, 0.6) is 0 Å². The molecule has 0 saturated heterocycles. The largest absolute Gasteiger partial charge is 0.467 e. The quantitative estimate of drug-likeness (QED) is 0.806. The SMILES string of the molecule is CC(CC(O)c1ccco1)NC(=O)c1cc(F)c(Cl)cc1Cl. The van der Waals surface area contributed by atoms with Crippen LogP contribution in [0.4, 0.5) is 4.39 Å². The maximum absolute atomic E-state index is 13.4. The number of rotatable bonds is 5. The van der Waals surface area contributed by atoms with E-state index in [-0.39, 0.29) is 28.1 Å². The monoisotopic (exact) mass is 345 g/mol. The molecule has 0 radical (unpaired) electrons. The maximum atomic E-state index is 13.4. The predicted molar refractivity (Wildman–Crippen MR) is 81.6 cm³/mol. The summed E-state index contributed by atoms with van der Waals surface area (Å²) in [4.78, 5) is 12.1. The van der Waals surface area contributed by atoms with Gasteiger partial charge >= 0.3 is 0 Å². The van der Waals surface area contributed by atoms with Gasteiger partial charge in [0.1, 0.15) is 17.7 Å². The summed E-state index contributed by atoms with van der Waals surface area (Å²) in [5.74, 6) is -0.851. The number of benzene rings is 1. The lowest BCUT2D eigenvalue weighted by molar-refractivity contribution is 0.0903. The molecule has 0 fully saturated rings. The first-order chi connectivity index (χ1) is 10.4. The predicted octanol–water partition coefficient (Wildman–Crippen LogP) is 3.97. The molecule has 4 nitrogen and oxygen atoms in total. The second-order valence-corrected chi connectivity index (χ2v) is 5.70. The first-order valence-electron chi connectivity index (χ1n) is 6.55. The van der Waals surface area contributed by atoms with E-state index in [9.17, 15) is 14.3 Å². The van der Waals surface area contributed by atoms with E-state index in [4.69, 9.17) is 27.6 Å². The van der Waals surface area contributed by atoms with Crippen LogP contribution in [-0.4, -0.2) is 17.1 Å². The fourth-order valence-electron chi connectivity index (χ4n) is 1.99. The van der Waals surface area contributed by atoms with Crippen molar-refractivity contribution in [3.8, 4) is 0 Å². The average molecular weight is 346 g/mol. The molecule has 2 rings (SSSR count). The van der Waals surface area contributed by atoms with Crippen LogP contribution in [0.15, 0.2) is 34.9 Å². The molecule has 1 heterocycles. The minimum atomic E-state index is -0.845. The van der Waals surface area contributed by atoms with E-state index >= 15 is 0 Å². The highest BCUT2D eigenvalue weighted by atomic mass is 35.5. The fraction of sp³-hybridized carbons (Fsp3) is 0.267. The lowest BCUT2D eigenvalue weighted by Crippen LogP contribution is -2.34. The first kappa shape index (κ1) is 16.8. The van der Waals surface area contributed by atoms with E-state index in [1.807, 2.05) is 0 Å². The summed E-state index contributed by atoms with van der Waals surface area (Å²) in [5, 5.41) is 12.5. The van der Waals surface area contributed by atoms with Gasteiger partial charge in [0, 0.05) is 12.5 Å². The van der Waals surface area contributed by atoms with Gasteiger partial charge in [-0.2, -0.15) is 0 Å². The summed E-state index contributed by atoms with van der Waals surface area (Å²) in [6.45, 7) is 1.71. The number of aliphatic hydroxyl groups excluding tert-OH is 1. The Morgan fingerprint density at radius 1 is 1.41 bits per heavy atom. The van der Waals surface area contributed by atoms with Crippen LogP contribution in [-0.2, 0) is 0 Å². The van der Waals surface area contributed by atoms with Crippen molar-refractivity contribution in [2.75, 3.05) is 0 Å². The number of hydrogen-bond donors (Lipinski definition) is 2. The summed E-state index contributed by atoms with van der Waals surface area (Å²) in [5.41, 5.74) is -0.0112. The minimum Gasteiger partial charge on any atom is -0.467 e. The van der Waals surface area contributed by atoms with Gasteiger partial charge < -0.3 is 14.8 Å². The highest BCUT2D eigenvalue weighted by molar-refractivity contribution is 6.36. The third-order valence-corrected chi connectivity index (χ3v) is 3.68. The Kier molecular flexibility index (Phi) is 5.45. The third kappa shape index (κ3) is 4.00. The second kappa shape index (κ2) is 7.13. The summed E-state index contributed by atoms with van der Waals surface area (Å²) < 4.78 is 18.5. The Morgan fingerprint density at radius 2 is 2.14 bits per heavy atom. The topological polar surface area (TPSA) is 62.5 Å². The van der Waals surface area contributed by atoms with Gasteiger partial charge in [-0.3, -0.25) is 4.79 Å². The smallest absolute Gasteiger partial charge is 0.253 e. The molecule has 0 aliphatic rings. The van der Waals surface area contributed by atoms with Crippen molar-refractivity contribution >= 4 is 29.1 Å². The van der Waals surface area contributed by atoms with Crippen LogP contribution in [0.1, 0.15) is 35.6 Å². The molecule has 1 aromatic carbocycles. The third-order valence-electron chi connectivity index (χ3n) is 3.08.